The summed E-state index contributed by atoms with van der Waals surface area (Å²) in [5, 5.41) is 31.5. The number of unbranched alkanes of at least 4 members (excludes halogenated alkanes) is 36. The first kappa shape index (κ1) is 75.7. The van der Waals surface area contributed by atoms with Gasteiger partial charge in [-0.25, -0.2) is 4.79 Å². The summed E-state index contributed by atoms with van der Waals surface area (Å²) in [5.41, 5.74) is 0. The van der Waals surface area contributed by atoms with Gasteiger partial charge in [0.05, 0.1) is 6.61 Å². The molecule has 0 aromatic rings. The van der Waals surface area contributed by atoms with Gasteiger partial charge in [-0.15, -0.1) is 0 Å². The first-order valence-corrected chi connectivity index (χ1v) is 33.6. The number of aliphatic hydroxyl groups is 2. The maximum absolute atomic E-state index is 13.2. The average Bonchev–Trinajstić information content (AvgIpc) is 3.54. The van der Waals surface area contributed by atoms with Gasteiger partial charge in [0.2, 0.25) is 0 Å². The van der Waals surface area contributed by atoms with E-state index >= 15 is 0 Å². The SMILES string of the molecule is CC/C=C\C/C=C\C/C=C\C/C=C\CCC(=O)OC1C(OCC(COC(=O)CCCCCCCCCCCCCCCCCCCCC)OC(=O)CCCCCCCCCCCCCCCCCCCCC)OC(C(=O)O)C(O)C1O. The maximum atomic E-state index is 13.2. The highest BCUT2D eigenvalue weighted by Crippen LogP contribution is 2.27. The van der Waals surface area contributed by atoms with E-state index in [0.717, 1.165) is 57.8 Å². The Morgan fingerprint density at radius 1 is 0.420 bits per heavy atom. The van der Waals surface area contributed by atoms with Crippen LogP contribution in [0.2, 0.25) is 0 Å². The molecule has 3 N–H and O–H groups in total. The number of carboxylic acids is 1. The van der Waals surface area contributed by atoms with E-state index in [4.69, 9.17) is 23.7 Å². The van der Waals surface area contributed by atoms with E-state index in [9.17, 15) is 34.5 Å². The van der Waals surface area contributed by atoms with E-state index < -0.39 is 67.3 Å². The van der Waals surface area contributed by atoms with Crippen molar-refractivity contribution in [3.8, 4) is 0 Å². The van der Waals surface area contributed by atoms with Crippen LogP contribution in [0, 0.1) is 0 Å². The molecule has 0 radical (unpaired) electrons. The largest absolute Gasteiger partial charge is 0.479 e. The summed E-state index contributed by atoms with van der Waals surface area (Å²) >= 11 is 0. The van der Waals surface area contributed by atoms with Gasteiger partial charge in [-0.1, -0.05) is 301 Å². The zero-order valence-electron chi connectivity index (χ0n) is 52.0. The Hall–Kier alpha value is -3.32. The summed E-state index contributed by atoms with van der Waals surface area (Å²) in [4.78, 5) is 51.3. The number of rotatable bonds is 58. The van der Waals surface area contributed by atoms with Gasteiger partial charge in [-0.05, 0) is 44.9 Å². The van der Waals surface area contributed by atoms with E-state index in [1.807, 2.05) is 18.2 Å². The van der Waals surface area contributed by atoms with Crippen LogP contribution in [0.1, 0.15) is 316 Å². The number of carboxylic acid groups (broad SMARTS) is 1. The fraction of sp³-hybridized carbons (Fsp3) is 0.826. The lowest BCUT2D eigenvalue weighted by Crippen LogP contribution is -2.61. The molecule has 0 saturated carbocycles. The van der Waals surface area contributed by atoms with Crippen LogP contribution in [0.15, 0.2) is 48.6 Å². The normalized spacial score (nSPS) is 18.0. The number of ether oxygens (including phenoxy) is 5. The fourth-order valence-electron chi connectivity index (χ4n) is 10.3. The Balaban J connectivity index is 2.64. The lowest BCUT2D eigenvalue weighted by molar-refractivity contribution is -0.301. The molecule has 470 valence electrons. The second-order valence-corrected chi connectivity index (χ2v) is 23.1. The predicted octanol–water partition coefficient (Wildman–Crippen LogP) is 18.1. The quantitative estimate of drug-likeness (QED) is 0.0228. The van der Waals surface area contributed by atoms with E-state index in [-0.39, 0.29) is 25.9 Å². The maximum Gasteiger partial charge on any atom is 0.335 e. The predicted molar refractivity (Wildman–Crippen MR) is 331 cm³/mol. The summed E-state index contributed by atoms with van der Waals surface area (Å²) in [6.07, 6.45) is 58.2. The molecule has 1 rings (SSSR count). The Labute approximate surface area is 494 Å². The minimum absolute atomic E-state index is 0.0577. The molecule has 1 aliphatic heterocycles. The zero-order chi connectivity index (χ0) is 58.9. The molecule has 1 fully saturated rings. The van der Waals surface area contributed by atoms with Crippen molar-refractivity contribution in [2.45, 2.75) is 353 Å². The third-order valence-corrected chi connectivity index (χ3v) is 15.4. The smallest absolute Gasteiger partial charge is 0.335 e. The summed E-state index contributed by atoms with van der Waals surface area (Å²) < 4.78 is 28.5. The van der Waals surface area contributed by atoms with Crippen molar-refractivity contribution in [1.82, 2.24) is 0 Å². The van der Waals surface area contributed by atoms with Gasteiger partial charge in [0, 0.05) is 19.3 Å². The molecule has 0 aliphatic carbocycles. The fourth-order valence-corrected chi connectivity index (χ4v) is 10.3. The third-order valence-electron chi connectivity index (χ3n) is 15.4. The molecule has 12 nitrogen and oxygen atoms in total. The molecule has 0 aromatic heterocycles. The lowest BCUT2D eigenvalue weighted by atomic mass is 9.98. The third kappa shape index (κ3) is 46.7. The second-order valence-electron chi connectivity index (χ2n) is 23.1. The summed E-state index contributed by atoms with van der Waals surface area (Å²) in [7, 11) is 0. The lowest BCUT2D eigenvalue weighted by Gasteiger charge is -2.40. The van der Waals surface area contributed by atoms with Crippen molar-refractivity contribution >= 4 is 23.9 Å². The van der Waals surface area contributed by atoms with Gasteiger partial charge in [0.1, 0.15) is 18.8 Å². The topological polar surface area (TPSA) is 175 Å². The molecule has 0 spiro atoms. The van der Waals surface area contributed by atoms with E-state index in [0.29, 0.717) is 25.7 Å². The summed E-state index contributed by atoms with van der Waals surface area (Å²) in [5.74, 6) is -3.19. The van der Waals surface area contributed by atoms with Gasteiger partial charge in [-0.3, -0.25) is 14.4 Å². The highest BCUT2D eigenvalue weighted by molar-refractivity contribution is 5.74. The number of carbonyl (C=O) groups excluding carboxylic acids is 3. The molecule has 1 heterocycles. The monoisotopic (exact) mass is 1140 g/mol. The van der Waals surface area contributed by atoms with E-state index in [2.05, 4.69) is 51.2 Å². The number of hydrogen-bond donors (Lipinski definition) is 3. The molecule has 6 unspecified atom stereocenters. The number of allylic oxidation sites excluding steroid dienone is 8. The van der Waals surface area contributed by atoms with Crippen molar-refractivity contribution < 1.29 is 58.2 Å². The molecule has 0 bridgehead atoms. The molecule has 81 heavy (non-hydrogen) atoms. The van der Waals surface area contributed by atoms with E-state index in [1.54, 1.807) is 0 Å². The van der Waals surface area contributed by atoms with Gasteiger partial charge >= 0.3 is 23.9 Å². The minimum Gasteiger partial charge on any atom is -0.479 e. The van der Waals surface area contributed by atoms with Crippen LogP contribution in [0.4, 0.5) is 0 Å². The average molecular weight is 1140 g/mol. The van der Waals surface area contributed by atoms with Crippen molar-refractivity contribution in [2.75, 3.05) is 13.2 Å². The molecule has 1 aliphatic rings. The van der Waals surface area contributed by atoms with Crippen molar-refractivity contribution in [3.63, 3.8) is 0 Å². The van der Waals surface area contributed by atoms with Crippen LogP contribution < -0.4 is 0 Å². The molecule has 1 saturated heterocycles. The number of hydrogen-bond acceptors (Lipinski definition) is 11. The first-order chi connectivity index (χ1) is 39.6. The van der Waals surface area contributed by atoms with Crippen LogP contribution in [-0.4, -0.2) is 89.2 Å². The second kappa shape index (κ2) is 57.1. The summed E-state index contributed by atoms with van der Waals surface area (Å²) in [6, 6.07) is 0. The molecular weight excluding hydrogens is 1020 g/mol. The van der Waals surface area contributed by atoms with Crippen molar-refractivity contribution in [2.24, 2.45) is 0 Å². The standard InChI is InChI=1S/C69H122O12/c1-4-7-10-13-16-19-22-25-27-29-31-33-35-38-40-43-46-49-52-55-61(70)77-58-60(79-62(71)56-53-50-47-44-42-39-36-34-32-30-28-26-23-20-17-14-11-8-5-2)59-78-69-67(65(74)64(73)66(81-69)68(75)76)80-63(72)57-54-51-48-45-41-37-24-21-18-15-12-9-6-3/h9,12,18,21,37,41,48,51,60,64-67,69,73-74H,4-8,10-11,13-17,19-20,22-36,38-40,42-47,49-50,52-59H2,1-3H3,(H,75,76)/b12-9-,21-18-,41-37-,51-48-. The Morgan fingerprint density at radius 3 is 1.16 bits per heavy atom. The van der Waals surface area contributed by atoms with E-state index in [1.165, 1.54) is 193 Å². The Kier molecular flexibility index (Phi) is 53.4. The van der Waals surface area contributed by atoms with Crippen LogP contribution in [-0.2, 0) is 42.9 Å². The highest BCUT2D eigenvalue weighted by Gasteiger charge is 2.50. The number of aliphatic carboxylic acids is 1. The van der Waals surface area contributed by atoms with Gasteiger partial charge in [0.25, 0.3) is 0 Å². The van der Waals surface area contributed by atoms with Crippen LogP contribution in [0.25, 0.3) is 0 Å². The van der Waals surface area contributed by atoms with Crippen molar-refractivity contribution in [1.29, 1.82) is 0 Å². The van der Waals surface area contributed by atoms with Crippen molar-refractivity contribution in [3.05, 3.63) is 48.6 Å². The zero-order valence-corrected chi connectivity index (χ0v) is 52.0. The van der Waals surface area contributed by atoms with Crippen LogP contribution in [0.5, 0.6) is 0 Å². The number of carbonyl (C=O) groups is 4. The number of esters is 3. The Morgan fingerprint density at radius 2 is 0.778 bits per heavy atom. The van der Waals surface area contributed by atoms with Crippen LogP contribution in [0.3, 0.4) is 0 Å². The minimum atomic E-state index is -1.92. The van der Waals surface area contributed by atoms with Gasteiger partial charge < -0.3 is 39.0 Å². The highest BCUT2D eigenvalue weighted by atomic mass is 16.7. The summed E-state index contributed by atoms with van der Waals surface area (Å²) in [6.45, 7) is 5.90. The molecule has 6 atom stereocenters. The molecule has 0 aromatic carbocycles. The molecule has 12 heteroatoms. The first-order valence-electron chi connectivity index (χ1n) is 33.6. The molecular formula is C69H122O12. The number of aliphatic hydroxyl groups excluding tert-OH is 2. The van der Waals surface area contributed by atoms with Gasteiger partial charge in [-0.2, -0.15) is 0 Å². The Bertz CT molecular complexity index is 1590. The van der Waals surface area contributed by atoms with Crippen LogP contribution >= 0.6 is 0 Å². The van der Waals surface area contributed by atoms with Gasteiger partial charge in [0.15, 0.2) is 24.6 Å². The molecule has 0 amide bonds.